The lowest BCUT2D eigenvalue weighted by Crippen LogP contribution is -2.30. The second-order valence-corrected chi connectivity index (χ2v) is 7.24. The summed E-state index contributed by atoms with van der Waals surface area (Å²) < 4.78 is 6.01. The molecule has 28 heavy (non-hydrogen) atoms. The summed E-state index contributed by atoms with van der Waals surface area (Å²) in [6, 6.07) is 26.0. The minimum absolute atomic E-state index is 0.228. The highest BCUT2D eigenvalue weighted by atomic mass is 79.9. The van der Waals surface area contributed by atoms with Gasteiger partial charge in [-0.05, 0) is 45.6 Å². The maximum atomic E-state index is 12.3. The molecule has 0 bridgehead atoms. The van der Waals surface area contributed by atoms with Crippen LogP contribution < -0.4 is 15.4 Å². The van der Waals surface area contributed by atoms with Gasteiger partial charge in [-0.1, -0.05) is 60.7 Å². The average molecular weight is 439 g/mol. The third-order valence-electron chi connectivity index (χ3n) is 4.54. The smallest absolute Gasteiger partial charge is 0.319 e. The first-order valence-electron chi connectivity index (χ1n) is 9.15. The lowest BCUT2D eigenvalue weighted by Gasteiger charge is -2.18. The number of nitrogens with one attached hydrogen (secondary N) is 2. The third kappa shape index (κ3) is 5.36. The van der Waals surface area contributed by atoms with Gasteiger partial charge < -0.3 is 15.4 Å². The van der Waals surface area contributed by atoms with Crippen LogP contribution in [-0.4, -0.2) is 19.7 Å². The van der Waals surface area contributed by atoms with Crippen molar-refractivity contribution in [1.29, 1.82) is 0 Å². The van der Waals surface area contributed by atoms with E-state index in [9.17, 15) is 4.79 Å². The molecule has 3 aromatic carbocycles. The Hall–Kier alpha value is -2.79. The number of carbonyl (C=O) groups excluding carboxylic acids is 1. The zero-order valence-electron chi connectivity index (χ0n) is 15.7. The van der Waals surface area contributed by atoms with Gasteiger partial charge in [-0.25, -0.2) is 4.79 Å². The maximum absolute atomic E-state index is 12.3. The summed E-state index contributed by atoms with van der Waals surface area (Å²) in [5, 5.41) is 5.82. The first-order chi connectivity index (χ1) is 13.7. The van der Waals surface area contributed by atoms with Crippen molar-refractivity contribution in [2.75, 3.05) is 19.0 Å². The lowest BCUT2D eigenvalue weighted by atomic mass is 9.88. The first-order valence-corrected chi connectivity index (χ1v) is 9.95. The Kier molecular flexibility index (Phi) is 7.09. The van der Waals surface area contributed by atoms with Crippen molar-refractivity contribution in [3.05, 3.63) is 94.5 Å². The summed E-state index contributed by atoms with van der Waals surface area (Å²) in [5.41, 5.74) is 3.15. The zero-order chi connectivity index (χ0) is 19.8. The van der Waals surface area contributed by atoms with Crippen molar-refractivity contribution in [3.63, 3.8) is 0 Å². The van der Waals surface area contributed by atoms with Gasteiger partial charge in [0.15, 0.2) is 0 Å². The van der Waals surface area contributed by atoms with Crippen molar-refractivity contribution in [1.82, 2.24) is 5.32 Å². The number of halogens is 1. The fourth-order valence-corrected chi connectivity index (χ4v) is 3.47. The number of hydrogen-bond donors (Lipinski definition) is 2. The van der Waals surface area contributed by atoms with Gasteiger partial charge in [0.1, 0.15) is 5.75 Å². The maximum Gasteiger partial charge on any atom is 0.319 e. The summed E-state index contributed by atoms with van der Waals surface area (Å²) in [5.74, 6) is 0.915. The molecular weight excluding hydrogens is 416 g/mol. The second-order valence-electron chi connectivity index (χ2n) is 6.39. The number of hydrogen-bond acceptors (Lipinski definition) is 2. The molecule has 0 aromatic heterocycles. The van der Waals surface area contributed by atoms with Crippen LogP contribution in [-0.2, 0) is 0 Å². The summed E-state index contributed by atoms with van der Waals surface area (Å²) in [6.45, 7) is 0.557. The Morgan fingerprint density at radius 3 is 2.14 bits per heavy atom. The fraction of sp³-hybridized carbons (Fsp3) is 0.174. The number of amides is 2. The topological polar surface area (TPSA) is 50.4 Å². The van der Waals surface area contributed by atoms with Crippen molar-refractivity contribution in [3.8, 4) is 5.75 Å². The number of anilines is 1. The summed E-state index contributed by atoms with van der Waals surface area (Å²) in [7, 11) is 1.60. The highest BCUT2D eigenvalue weighted by molar-refractivity contribution is 9.10. The normalized spacial score (nSPS) is 10.5. The van der Waals surface area contributed by atoms with Crippen LogP contribution in [0, 0.1) is 0 Å². The van der Waals surface area contributed by atoms with Crippen LogP contribution in [0.25, 0.3) is 0 Å². The predicted molar refractivity (Wildman–Crippen MR) is 117 cm³/mol. The Morgan fingerprint density at radius 2 is 1.57 bits per heavy atom. The van der Waals surface area contributed by atoms with Gasteiger partial charge in [0.25, 0.3) is 0 Å². The SMILES string of the molecule is COc1ccc(Br)c(NC(=O)NCCC(c2ccccc2)c2ccccc2)c1. The molecule has 2 N–H and O–H groups in total. The fourth-order valence-electron chi connectivity index (χ4n) is 3.12. The monoisotopic (exact) mass is 438 g/mol. The zero-order valence-corrected chi connectivity index (χ0v) is 17.3. The van der Waals surface area contributed by atoms with Gasteiger partial charge in [0.05, 0.1) is 12.8 Å². The molecule has 0 aliphatic carbocycles. The van der Waals surface area contributed by atoms with E-state index in [1.165, 1.54) is 11.1 Å². The largest absolute Gasteiger partial charge is 0.497 e. The van der Waals surface area contributed by atoms with Crippen LogP contribution in [0.3, 0.4) is 0 Å². The third-order valence-corrected chi connectivity index (χ3v) is 5.24. The number of ether oxygens (including phenoxy) is 1. The van der Waals surface area contributed by atoms with E-state index in [0.29, 0.717) is 18.0 Å². The van der Waals surface area contributed by atoms with E-state index in [1.807, 2.05) is 48.5 Å². The quantitative estimate of drug-likeness (QED) is 0.489. The molecule has 0 fully saturated rings. The molecule has 0 aliphatic heterocycles. The van der Waals surface area contributed by atoms with Gasteiger partial charge in [0, 0.05) is 23.0 Å². The van der Waals surface area contributed by atoms with E-state index in [1.54, 1.807) is 13.2 Å². The highest BCUT2D eigenvalue weighted by Crippen LogP contribution is 2.28. The summed E-state index contributed by atoms with van der Waals surface area (Å²) in [4.78, 5) is 12.3. The molecule has 5 heteroatoms. The van der Waals surface area contributed by atoms with E-state index in [4.69, 9.17) is 4.74 Å². The number of methoxy groups -OCH3 is 1. The Morgan fingerprint density at radius 1 is 0.964 bits per heavy atom. The molecule has 0 saturated heterocycles. The van der Waals surface area contributed by atoms with Crippen LogP contribution in [0.5, 0.6) is 5.75 Å². The first kappa shape index (κ1) is 20.0. The molecule has 0 radical (unpaired) electrons. The van der Waals surface area contributed by atoms with E-state index < -0.39 is 0 Å². The van der Waals surface area contributed by atoms with Crippen molar-refractivity contribution in [2.45, 2.75) is 12.3 Å². The van der Waals surface area contributed by atoms with E-state index in [2.05, 4.69) is 50.8 Å². The molecule has 0 saturated carbocycles. The number of rotatable bonds is 7. The molecule has 144 valence electrons. The molecular formula is C23H23BrN2O2. The molecule has 3 aromatic rings. The molecule has 4 nitrogen and oxygen atoms in total. The van der Waals surface area contributed by atoms with Crippen LogP contribution in [0.4, 0.5) is 10.5 Å². The molecule has 0 unspecified atom stereocenters. The van der Waals surface area contributed by atoms with E-state index >= 15 is 0 Å². The summed E-state index contributed by atoms with van der Waals surface area (Å²) in [6.07, 6.45) is 0.806. The van der Waals surface area contributed by atoms with Crippen LogP contribution in [0.2, 0.25) is 0 Å². The second kappa shape index (κ2) is 9.95. The lowest BCUT2D eigenvalue weighted by molar-refractivity contribution is 0.252. The molecule has 0 atom stereocenters. The highest BCUT2D eigenvalue weighted by Gasteiger charge is 2.14. The van der Waals surface area contributed by atoms with Crippen molar-refractivity contribution < 1.29 is 9.53 Å². The van der Waals surface area contributed by atoms with E-state index in [0.717, 1.165) is 10.9 Å². The number of carbonyl (C=O) groups is 1. The van der Waals surface area contributed by atoms with Crippen LogP contribution >= 0.6 is 15.9 Å². The number of benzene rings is 3. The van der Waals surface area contributed by atoms with Crippen LogP contribution in [0.15, 0.2) is 83.3 Å². The molecule has 0 spiro atoms. The predicted octanol–water partition coefficient (Wildman–Crippen LogP) is 5.80. The number of urea groups is 1. The molecule has 3 rings (SSSR count). The Balaban J connectivity index is 1.62. The van der Waals surface area contributed by atoms with E-state index in [-0.39, 0.29) is 11.9 Å². The minimum atomic E-state index is -0.242. The van der Waals surface area contributed by atoms with Gasteiger partial charge in [-0.15, -0.1) is 0 Å². The minimum Gasteiger partial charge on any atom is -0.497 e. The van der Waals surface area contributed by atoms with Gasteiger partial charge >= 0.3 is 6.03 Å². The van der Waals surface area contributed by atoms with Crippen LogP contribution in [0.1, 0.15) is 23.5 Å². The Labute approximate surface area is 174 Å². The average Bonchev–Trinajstić information content (AvgIpc) is 2.74. The molecule has 0 heterocycles. The molecule has 2 amide bonds. The van der Waals surface area contributed by atoms with Crippen molar-refractivity contribution >= 4 is 27.6 Å². The molecule has 0 aliphatic rings. The van der Waals surface area contributed by atoms with Gasteiger partial charge in [-0.3, -0.25) is 0 Å². The van der Waals surface area contributed by atoms with Gasteiger partial charge in [0.2, 0.25) is 0 Å². The van der Waals surface area contributed by atoms with Crippen molar-refractivity contribution in [2.24, 2.45) is 0 Å². The summed E-state index contributed by atoms with van der Waals surface area (Å²) >= 11 is 3.44. The van der Waals surface area contributed by atoms with Gasteiger partial charge in [-0.2, -0.15) is 0 Å². The standard InChI is InChI=1S/C23H23BrN2O2/c1-28-19-12-13-21(24)22(16-19)26-23(27)25-15-14-20(17-8-4-2-5-9-17)18-10-6-3-7-11-18/h2-13,16,20H,14-15H2,1H3,(H2,25,26,27). The Bertz CT molecular complexity index is 861.